The average Bonchev–Trinajstić information content (AvgIpc) is 3.43. The van der Waals surface area contributed by atoms with E-state index in [4.69, 9.17) is 9.47 Å². The molecule has 10 heteroatoms. The Balaban J connectivity index is 1.46. The molecule has 2 aromatic rings. The van der Waals surface area contributed by atoms with Gasteiger partial charge in [-0.15, -0.1) is 0 Å². The number of allylic oxidation sites excluding steroid dienone is 1. The van der Waals surface area contributed by atoms with Crippen LogP contribution in [0.3, 0.4) is 0 Å². The van der Waals surface area contributed by atoms with Gasteiger partial charge in [0.2, 0.25) is 11.8 Å². The van der Waals surface area contributed by atoms with Gasteiger partial charge in [0.25, 0.3) is 5.91 Å². The molecule has 0 aliphatic carbocycles. The minimum atomic E-state index is -1.50. The zero-order chi connectivity index (χ0) is 32.7. The molecule has 2 aromatic carbocycles. The molecule has 4 aliphatic rings. The van der Waals surface area contributed by atoms with Crippen molar-refractivity contribution >= 4 is 29.4 Å². The van der Waals surface area contributed by atoms with E-state index in [1.165, 1.54) is 4.90 Å². The van der Waals surface area contributed by atoms with Gasteiger partial charge in [0.15, 0.2) is 0 Å². The van der Waals surface area contributed by atoms with Crippen LogP contribution in [-0.2, 0) is 28.7 Å². The van der Waals surface area contributed by atoms with Crippen molar-refractivity contribution in [2.75, 3.05) is 18.1 Å². The van der Waals surface area contributed by atoms with E-state index in [9.17, 15) is 24.3 Å². The molecule has 2 saturated heterocycles. The number of benzene rings is 2. The van der Waals surface area contributed by atoms with E-state index in [1.807, 2.05) is 68.5 Å². The number of fused-ring (bicyclic) bond motifs is 2. The van der Waals surface area contributed by atoms with Gasteiger partial charge in [-0.05, 0) is 56.9 Å². The minimum absolute atomic E-state index is 0.179. The Hall–Kier alpha value is -4.28. The highest BCUT2D eigenvalue weighted by atomic mass is 16.6. The maximum atomic E-state index is 14.7. The number of cyclic esters (lactones) is 1. The molecular weight excluding hydrogens is 586 g/mol. The lowest BCUT2D eigenvalue weighted by Gasteiger charge is -2.37. The first-order valence-corrected chi connectivity index (χ1v) is 16.0. The molecule has 2 fully saturated rings. The van der Waals surface area contributed by atoms with E-state index in [2.05, 4.69) is 5.32 Å². The summed E-state index contributed by atoms with van der Waals surface area (Å²) in [7, 11) is 0. The zero-order valence-electron chi connectivity index (χ0n) is 26.6. The predicted molar refractivity (Wildman–Crippen MR) is 170 cm³/mol. The summed E-state index contributed by atoms with van der Waals surface area (Å²) in [4.78, 5) is 59.4. The Morgan fingerprint density at radius 3 is 2.54 bits per heavy atom. The number of hydrogen-bond acceptors (Lipinski definition) is 7. The summed E-state index contributed by atoms with van der Waals surface area (Å²) in [6.45, 7) is 7.21. The standard InChI is InChI=1S/C36H41N3O7/c1-21-15-16-22(2)26(19-21)38-18-10-17-36-30(33(42)39(23(3)20-40)32(36)34(38)43)29-27(46-36)13-8-9-14-28(41)37-24(4)31(45-35(29)44)25-11-6-5-7-12-25/h5-8,10-13,15-17,19,23-24,27,29-32,40H,9,14,18,20H2,1-4H3,(H,37,41)/b13-8-/t23-,24-,27-,29+,30+,31+,32-,36+/m1/s1. The number of ether oxygens (including phenoxy) is 2. The van der Waals surface area contributed by atoms with E-state index in [1.54, 1.807) is 37.0 Å². The zero-order valence-corrected chi connectivity index (χ0v) is 26.6. The third-order valence-corrected chi connectivity index (χ3v) is 9.68. The lowest BCUT2D eigenvalue weighted by Crippen LogP contribution is -2.57. The van der Waals surface area contributed by atoms with Crippen molar-refractivity contribution < 1.29 is 33.8 Å². The van der Waals surface area contributed by atoms with E-state index >= 15 is 0 Å². The summed E-state index contributed by atoms with van der Waals surface area (Å²) >= 11 is 0. The van der Waals surface area contributed by atoms with Crippen LogP contribution in [0.4, 0.5) is 5.69 Å². The Bertz CT molecular complexity index is 1590. The van der Waals surface area contributed by atoms with Crippen LogP contribution in [0.1, 0.15) is 49.5 Å². The van der Waals surface area contributed by atoms with Crippen molar-refractivity contribution in [3.8, 4) is 0 Å². The third-order valence-electron chi connectivity index (χ3n) is 9.68. The molecule has 4 aliphatic heterocycles. The Kier molecular flexibility index (Phi) is 8.60. The molecule has 0 unspecified atom stereocenters. The molecule has 242 valence electrons. The number of esters is 1. The SMILES string of the molecule is Cc1ccc(C)c(N2CC=C[C@]34O[C@@H]5/C=C\CCC(=O)N[C@H](C)[C@@H](c6ccccc6)OC(=O)[C@@H]5[C@H]3C(=O)N([C@H](C)CO)[C@@H]4C2=O)c1. The first-order valence-electron chi connectivity index (χ1n) is 16.0. The lowest BCUT2D eigenvalue weighted by molar-refractivity contribution is -0.161. The highest BCUT2D eigenvalue weighted by molar-refractivity contribution is 6.06. The lowest BCUT2D eigenvalue weighted by atomic mass is 9.77. The number of hydrogen-bond donors (Lipinski definition) is 2. The number of nitrogens with zero attached hydrogens (tertiary/aromatic N) is 2. The predicted octanol–water partition coefficient (Wildman–Crippen LogP) is 3.31. The Morgan fingerprint density at radius 1 is 1.04 bits per heavy atom. The van der Waals surface area contributed by atoms with Crippen molar-refractivity contribution in [1.82, 2.24) is 10.2 Å². The number of rotatable bonds is 4. The maximum absolute atomic E-state index is 14.7. The van der Waals surface area contributed by atoms with Crippen molar-refractivity contribution in [2.45, 2.75) is 76.5 Å². The first kappa shape index (κ1) is 31.7. The molecule has 0 saturated carbocycles. The summed E-state index contributed by atoms with van der Waals surface area (Å²) in [5.74, 6) is -3.81. The minimum Gasteiger partial charge on any atom is -0.455 e. The summed E-state index contributed by atoms with van der Waals surface area (Å²) in [5, 5.41) is 13.2. The number of anilines is 1. The number of nitrogens with one attached hydrogen (secondary N) is 1. The van der Waals surface area contributed by atoms with E-state index < -0.39 is 59.6 Å². The van der Waals surface area contributed by atoms with Crippen molar-refractivity contribution in [3.63, 3.8) is 0 Å². The number of carbonyl (C=O) groups excluding carboxylic acids is 4. The van der Waals surface area contributed by atoms with Gasteiger partial charge in [-0.2, -0.15) is 0 Å². The van der Waals surface area contributed by atoms with Gasteiger partial charge in [-0.1, -0.05) is 66.8 Å². The molecule has 2 N–H and O–H groups in total. The molecule has 0 bridgehead atoms. The average molecular weight is 628 g/mol. The number of carbonyl (C=O) groups is 4. The first-order chi connectivity index (χ1) is 22.1. The van der Waals surface area contributed by atoms with Crippen LogP contribution in [0.25, 0.3) is 0 Å². The molecular formula is C36H41N3O7. The molecule has 10 nitrogen and oxygen atoms in total. The fraction of sp³-hybridized carbons (Fsp3) is 0.444. The summed E-state index contributed by atoms with van der Waals surface area (Å²) in [6, 6.07) is 12.6. The number of amides is 3. The van der Waals surface area contributed by atoms with Gasteiger partial charge >= 0.3 is 5.97 Å². The molecule has 4 heterocycles. The second kappa shape index (κ2) is 12.5. The van der Waals surface area contributed by atoms with Gasteiger partial charge in [0.05, 0.1) is 30.7 Å². The number of aliphatic hydroxyl groups excluding tert-OH is 1. The van der Waals surface area contributed by atoms with Crippen molar-refractivity contribution in [2.24, 2.45) is 11.8 Å². The van der Waals surface area contributed by atoms with Gasteiger partial charge in [0.1, 0.15) is 23.7 Å². The third kappa shape index (κ3) is 5.33. The largest absolute Gasteiger partial charge is 0.455 e. The highest BCUT2D eigenvalue weighted by Crippen LogP contribution is 2.54. The molecule has 0 aromatic heterocycles. The second-order valence-electron chi connectivity index (χ2n) is 12.9. The fourth-order valence-corrected chi connectivity index (χ4v) is 7.43. The molecule has 8 atom stereocenters. The van der Waals surface area contributed by atoms with Crippen molar-refractivity contribution in [1.29, 1.82) is 0 Å². The van der Waals surface area contributed by atoms with Crippen LogP contribution < -0.4 is 10.2 Å². The molecule has 46 heavy (non-hydrogen) atoms. The molecule has 6 rings (SSSR count). The monoisotopic (exact) mass is 627 g/mol. The Morgan fingerprint density at radius 2 is 1.80 bits per heavy atom. The molecule has 1 spiro atoms. The van der Waals surface area contributed by atoms with Gasteiger partial charge < -0.3 is 29.7 Å². The summed E-state index contributed by atoms with van der Waals surface area (Å²) < 4.78 is 13.0. The quantitative estimate of drug-likeness (QED) is 0.394. The summed E-state index contributed by atoms with van der Waals surface area (Å²) in [6.07, 6.45) is 5.97. The van der Waals surface area contributed by atoms with Crippen LogP contribution in [0.15, 0.2) is 72.8 Å². The van der Waals surface area contributed by atoms with Crippen molar-refractivity contribution in [3.05, 3.63) is 89.5 Å². The van der Waals surface area contributed by atoms with E-state index in [-0.39, 0.29) is 31.4 Å². The van der Waals surface area contributed by atoms with Crippen LogP contribution in [0.5, 0.6) is 0 Å². The van der Waals surface area contributed by atoms with Crippen LogP contribution in [0.2, 0.25) is 0 Å². The second-order valence-corrected chi connectivity index (χ2v) is 12.9. The van der Waals surface area contributed by atoms with Gasteiger partial charge in [0, 0.05) is 18.7 Å². The highest BCUT2D eigenvalue weighted by Gasteiger charge is 2.72. The number of aryl methyl sites for hydroxylation is 2. The smallest absolute Gasteiger partial charge is 0.313 e. The Labute approximate surface area is 269 Å². The van der Waals surface area contributed by atoms with Gasteiger partial charge in [-0.25, -0.2) is 0 Å². The topological polar surface area (TPSA) is 125 Å². The van der Waals surface area contributed by atoms with Gasteiger partial charge in [-0.3, -0.25) is 19.2 Å². The molecule has 3 amide bonds. The maximum Gasteiger partial charge on any atom is 0.313 e. The summed E-state index contributed by atoms with van der Waals surface area (Å²) in [5.41, 5.74) is 1.80. The number of likely N-dealkylation sites (tertiary alicyclic amines) is 1. The van der Waals surface area contributed by atoms with Crippen LogP contribution in [0, 0.1) is 25.7 Å². The van der Waals surface area contributed by atoms with Crippen LogP contribution in [-0.4, -0.2) is 76.7 Å². The molecule has 0 radical (unpaired) electrons. The fourth-order valence-electron chi connectivity index (χ4n) is 7.43. The van der Waals surface area contributed by atoms with E-state index in [0.29, 0.717) is 12.0 Å². The van der Waals surface area contributed by atoms with Crippen LogP contribution >= 0.6 is 0 Å². The normalized spacial score (nSPS) is 32.7. The van der Waals surface area contributed by atoms with E-state index in [0.717, 1.165) is 16.8 Å². The number of aliphatic hydroxyl groups is 1.